The summed E-state index contributed by atoms with van der Waals surface area (Å²) in [4.78, 5) is 13.6. The van der Waals surface area contributed by atoms with Gasteiger partial charge in [0.25, 0.3) is 0 Å². The molecule has 0 radical (unpaired) electrons. The second kappa shape index (κ2) is 9.50. The molecule has 1 aliphatic rings. The number of hydrogen-bond acceptors (Lipinski definition) is 4. The lowest BCUT2D eigenvalue weighted by Crippen LogP contribution is -2.40. The molecule has 0 aliphatic carbocycles. The van der Waals surface area contributed by atoms with E-state index in [2.05, 4.69) is 61.3 Å². The lowest BCUT2D eigenvalue weighted by atomic mass is 10.1. The van der Waals surface area contributed by atoms with Crippen molar-refractivity contribution >= 4 is 5.96 Å². The van der Waals surface area contributed by atoms with E-state index in [9.17, 15) is 0 Å². The van der Waals surface area contributed by atoms with Crippen molar-refractivity contribution < 1.29 is 0 Å². The molecule has 1 aromatic carbocycles. The number of rotatable bonds is 7. The Balaban J connectivity index is 1.55. The average Bonchev–Trinajstić information content (AvgIpc) is 3.39. The minimum absolute atomic E-state index is 0.721. The topological polar surface area (TPSA) is 72.4 Å². The monoisotopic (exact) mass is 369 g/mol. The van der Waals surface area contributed by atoms with Gasteiger partial charge in [-0.1, -0.05) is 32.0 Å². The van der Waals surface area contributed by atoms with Crippen LogP contribution in [0.4, 0.5) is 0 Å². The molecule has 2 heterocycles. The van der Waals surface area contributed by atoms with Crippen LogP contribution in [0.25, 0.3) is 11.4 Å². The number of H-pyrrole nitrogens is 1. The molecule has 1 atom stereocenters. The highest BCUT2D eigenvalue weighted by Crippen LogP contribution is 2.18. The Morgan fingerprint density at radius 2 is 2.22 bits per heavy atom. The van der Waals surface area contributed by atoms with Crippen LogP contribution in [0.15, 0.2) is 35.6 Å². The van der Waals surface area contributed by atoms with Crippen LogP contribution < -0.4 is 5.32 Å². The number of nitrogens with one attached hydrogen (secondary N) is 2. The van der Waals surface area contributed by atoms with Crippen LogP contribution in [0.1, 0.15) is 25.8 Å². The fraction of sp³-hybridized carbons (Fsp3) is 0.550. The van der Waals surface area contributed by atoms with Crippen molar-refractivity contribution in [1.82, 2.24) is 30.3 Å². The molecule has 1 fully saturated rings. The Kier molecular flexibility index (Phi) is 6.81. The van der Waals surface area contributed by atoms with Crippen LogP contribution in [0.2, 0.25) is 0 Å². The van der Waals surface area contributed by atoms with E-state index < -0.39 is 0 Å². The van der Waals surface area contributed by atoms with Gasteiger partial charge in [-0.25, -0.2) is 4.98 Å². The Morgan fingerprint density at radius 1 is 1.37 bits per heavy atom. The van der Waals surface area contributed by atoms with Gasteiger partial charge in [0, 0.05) is 38.8 Å². The predicted octanol–water partition coefficient (Wildman–Crippen LogP) is 2.21. The lowest BCUT2D eigenvalue weighted by molar-refractivity contribution is 0.255. The van der Waals surface area contributed by atoms with E-state index >= 15 is 0 Å². The van der Waals surface area contributed by atoms with Gasteiger partial charge in [-0.3, -0.25) is 10.1 Å². The predicted molar refractivity (Wildman–Crippen MR) is 109 cm³/mol. The third-order valence-electron chi connectivity index (χ3n) is 5.27. The zero-order valence-electron chi connectivity index (χ0n) is 16.6. The Bertz CT molecular complexity index is 722. The number of likely N-dealkylation sites (tertiary alicyclic amines) is 1. The molecule has 1 unspecified atom stereocenters. The van der Waals surface area contributed by atoms with Crippen LogP contribution in [0.5, 0.6) is 0 Å². The Morgan fingerprint density at radius 3 is 2.93 bits per heavy atom. The zero-order chi connectivity index (χ0) is 19.1. The summed E-state index contributed by atoms with van der Waals surface area (Å²) < 4.78 is 0. The third-order valence-corrected chi connectivity index (χ3v) is 5.27. The maximum Gasteiger partial charge on any atom is 0.193 e. The zero-order valence-corrected chi connectivity index (χ0v) is 16.6. The smallest absolute Gasteiger partial charge is 0.193 e. The molecular formula is C20H31N7. The maximum absolute atomic E-state index is 4.50. The van der Waals surface area contributed by atoms with Gasteiger partial charge in [0.2, 0.25) is 0 Å². The normalized spacial score (nSPS) is 17.7. The molecule has 1 saturated heterocycles. The lowest BCUT2D eigenvalue weighted by Gasteiger charge is -2.24. The number of aliphatic imine (C=N–C) groups is 1. The van der Waals surface area contributed by atoms with Gasteiger partial charge >= 0.3 is 0 Å². The second-order valence-corrected chi connectivity index (χ2v) is 7.02. The quantitative estimate of drug-likeness (QED) is 0.578. The summed E-state index contributed by atoms with van der Waals surface area (Å²) >= 11 is 0. The molecule has 2 aromatic rings. The fourth-order valence-corrected chi connectivity index (χ4v) is 3.71. The Labute approximate surface area is 161 Å². The number of benzene rings is 1. The molecule has 0 spiro atoms. The van der Waals surface area contributed by atoms with Gasteiger partial charge in [-0.05, 0) is 37.1 Å². The molecule has 27 heavy (non-hydrogen) atoms. The highest BCUT2D eigenvalue weighted by atomic mass is 15.3. The summed E-state index contributed by atoms with van der Waals surface area (Å²) in [7, 11) is 1.87. The van der Waals surface area contributed by atoms with E-state index in [1.807, 2.05) is 19.2 Å². The maximum atomic E-state index is 4.50. The van der Waals surface area contributed by atoms with Crippen LogP contribution in [0.3, 0.4) is 0 Å². The van der Waals surface area contributed by atoms with E-state index in [0.717, 1.165) is 56.0 Å². The Hall–Kier alpha value is -2.41. The largest absolute Gasteiger partial charge is 0.352 e. The highest BCUT2D eigenvalue weighted by Gasteiger charge is 2.25. The van der Waals surface area contributed by atoms with Crippen molar-refractivity contribution in [2.45, 2.75) is 26.8 Å². The third kappa shape index (κ3) is 5.07. The SMILES string of the molecule is CCN(CC)CC1CCN(C(=NC)NCc2cccc(-c3ncn[nH]3)c2)C1. The minimum Gasteiger partial charge on any atom is -0.352 e. The van der Waals surface area contributed by atoms with Gasteiger partial charge in [0.1, 0.15) is 6.33 Å². The average molecular weight is 370 g/mol. The van der Waals surface area contributed by atoms with E-state index in [1.165, 1.54) is 24.9 Å². The van der Waals surface area contributed by atoms with Crippen molar-refractivity contribution in [3.8, 4) is 11.4 Å². The van der Waals surface area contributed by atoms with Gasteiger partial charge in [0.05, 0.1) is 0 Å². The van der Waals surface area contributed by atoms with Crippen LogP contribution in [0, 0.1) is 5.92 Å². The molecule has 7 heteroatoms. The number of aromatic nitrogens is 3. The first-order valence-electron chi connectivity index (χ1n) is 9.86. The van der Waals surface area contributed by atoms with Crippen molar-refractivity contribution in [3.63, 3.8) is 0 Å². The molecule has 7 nitrogen and oxygen atoms in total. The summed E-state index contributed by atoms with van der Waals surface area (Å²) in [6, 6.07) is 8.34. The molecule has 3 rings (SSSR count). The first-order valence-corrected chi connectivity index (χ1v) is 9.86. The van der Waals surface area contributed by atoms with Crippen LogP contribution >= 0.6 is 0 Å². The molecule has 0 amide bonds. The van der Waals surface area contributed by atoms with E-state index in [4.69, 9.17) is 0 Å². The molecular weight excluding hydrogens is 338 g/mol. The van der Waals surface area contributed by atoms with Crippen molar-refractivity contribution in [2.75, 3.05) is 39.8 Å². The van der Waals surface area contributed by atoms with Crippen molar-refractivity contribution in [3.05, 3.63) is 36.2 Å². The highest BCUT2D eigenvalue weighted by molar-refractivity contribution is 5.80. The second-order valence-electron chi connectivity index (χ2n) is 7.02. The summed E-state index contributed by atoms with van der Waals surface area (Å²) in [5.74, 6) is 2.50. The number of nitrogens with zero attached hydrogens (tertiary/aromatic N) is 5. The van der Waals surface area contributed by atoms with E-state index in [-0.39, 0.29) is 0 Å². The standard InChI is InChI=1S/C20H31N7/c1-4-26(5-2)13-17-9-10-27(14-17)20(21-3)22-12-16-7-6-8-18(11-16)19-23-15-24-25-19/h6-8,11,15,17H,4-5,9-10,12-14H2,1-3H3,(H,21,22)(H,23,24,25). The molecule has 0 bridgehead atoms. The van der Waals surface area contributed by atoms with Crippen molar-refractivity contribution in [2.24, 2.45) is 10.9 Å². The number of hydrogen-bond donors (Lipinski definition) is 2. The summed E-state index contributed by atoms with van der Waals surface area (Å²) in [6.45, 7) is 10.8. The van der Waals surface area contributed by atoms with E-state index in [1.54, 1.807) is 0 Å². The molecule has 0 saturated carbocycles. The van der Waals surface area contributed by atoms with Crippen LogP contribution in [-0.2, 0) is 6.54 Å². The number of aromatic amines is 1. The van der Waals surface area contributed by atoms with E-state index in [0.29, 0.717) is 0 Å². The van der Waals surface area contributed by atoms with Gasteiger partial charge in [-0.15, -0.1) is 0 Å². The van der Waals surface area contributed by atoms with Crippen LogP contribution in [-0.4, -0.2) is 70.7 Å². The first kappa shape index (κ1) is 19.4. The summed E-state index contributed by atoms with van der Waals surface area (Å²) in [5.41, 5.74) is 2.24. The van der Waals surface area contributed by atoms with Gasteiger partial charge in [0.15, 0.2) is 11.8 Å². The first-order chi connectivity index (χ1) is 13.2. The molecule has 1 aromatic heterocycles. The summed E-state index contributed by atoms with van der Waals surface area (Å²) in [5, 5.41) is 10.4. The fourth-order valence-electron chi connectivity index (χ4n) is 3.71. The van der Waals surface area contributed by atoms with Crippen molar-refractivity contribution in [1.29, 1.82) is 0 Å². The number of guanidine groups is 1. The molecule has 1 aliphatic heterocycles. The van der Waals surface area contributed by atoms with Gasteiger partial charge in [-0.2, -0.15) is 5.10 Å². The van der Waals surface area contributed by atoms with Gasteiger partial charge < -0.3 is 15.1 Å². The molecule has 146 valence electrons. The minimum atomic E-state index is 0.721. The molecule has 2 N–H and O–H groups in total. The summed E-state index contributed by atoms with van der Waals surface area (Å²) in [6.07, 6.45) is 2.77.